The number of carbonyl (C=O) groups excluding carboxylic acids is 1. The maximum Gasteiger partial charge on any atom is 0.217 e. The topological polar surface area (TPSA) is 32.3 Å². The van der Waals surface area contributed by atoms with E-state index in [4.69, 9.17) is 0 Å². The van der Waals surface area contributed by atoms with E-state index in [9.17, 15) is 4.79 Å². The largest absolute Gasteiger partial charge is 0.444 e. The first-order valence-electron chi connectivity index (χ1n) is 4.64. The molecule has 0 spiro atoms. The highest BCUT2D eigenvalue weighted by molar-refractivity contribution is 7.83. The maximum atomic E-state index is 10.8. The molecule has 0 saturated carbocycles. The minimum absolute atomic E-state index is 0.0741. The van der Waals surface area contributed by atoms with Crippen LogP contribution in [0.5, 0.6) is 0 Å². The van der Waals surface area contributed by atoms with E-state index in [-0.39, 0.29) is 5.91 Å². The normalized spacial score (nSPS) is 20.6. The monoisotopic (exact) mass is 201 g/mol. The van der Waals surface area contributed by atoms with Gasteiger partial charge in [-0.3, -0.25) is 4.79 Å². The van der Waals surface area contributed by atoms with Gasteiger partial charge in [-0.05, 0) is 25.9 Å². The number of nitrogens with one attached hydrogen (secondary N) is 1. The lowest BCUT2D eigenvalue weighted by Gasteiger charge is -2.43. The third kappa shape index (κ3) is 3.56. The van der Waals surface area contributed by atoms with Gasteiger partial charge in [-0.1, -0.05) is 0 Å². The Balaban J connectivity index is 2.26. The molecule has 1 heterocycles. The molecule has 0 unspecified atom stereocenters. The van der Waals surface area contributed by atoms with Gasteiger partial charge in [-0.25, -0.2) is 5.37 Å². The molecule has 1 amide bonds. The first-order chi connectivity index (χ1) is 6.09. The second kappa shape index (κ2) is 4.86. The van der Waals surface area contributed by atoms with Crippen LogP contribution in [0, 0.1) is 5.37 Å². The van der Waals surface area contributed by atoms with Gasteiger partial charge in [0.1, 0.15) is 0 Å². The molecule has 0 radical (unpaired) electrons. The van der Waals surface area contributed by atoms with Gasteiger partial charge in [-0.15, -0.1) is 0 Å². The highest BCUT2D eigenvalue weighted by Crippen LogP contribution is 2.18. The first-order valence-corrected chi connectivity index (χ1v) is 5.09. The lowest BCUT2D eigenvalue weighted by atomic mass is 10.1. The third-order valence-corrected chi connectivity index (χ3v) is 2.64. The summed E-state index contributed by atoms with van der Waals surface area (Å²) in [5, 5.41) is 4.01. The summed E-state index contributed by atoms with van der Waals surface area (Å²) in [4.78, 5) is 13.0. The molecule has 1 saturated heterocycles. The zero-order chi connectivity index (χ0) is 9.84. The molecular formula is C9H17N2OS-. The van der Waals surface area contributed by atoms with E-state index in [2.05, 4.69) is 22.8 Å². The average molecular weight is 201 g/mol. The standard InChI is InChI=1S/C9H17N2OS/c1-7(12)10-9-3-5-11(6-4-9)8(2)13/h9,13H,3-6H2,1-2H3,(H,10,12)/q-1. The van der Waals surface area contributed by atoms with Crippen LogP contribution in [-0.4, -0.2) is 29.9 Å². The van der Waals surface area contributed by atoms with Crippen molar-refractivity contribution in [2.24, 2.45) is 0 Å². The smallest absolute Gasteiger partial charge is 0.217 e. The van der Waals surface area contributed by atoms with Crippen molar-refractivity contribution in [2.45, 2.75) is 32.7 Å². The van der Waals surface area contributed by atoms with Crippen molar-refractivity contribution in [1.29, 1.82) is 0 Å². The van der Waals surface area contributed by atoms with Crippen molar-refractivity contribution in [2.75, 3.05) is 13.1 Å². The molecule has 1 N–H and O–H groups in total. The second-order valence-corrected chi connectivity index (χ2v) is 4.16. The average Bonchev–Trinajstić information content (AvgIpc) is 2.04. The van der Waals surface area contributed by atoms with Gasteiger partial charge in [0.25, 0.3) is 0 Å². The van der Waals surface area contributed by atoms with E-state index < -0.39 is 0 Å². The number of amides is 1. The molecule has 0 aromatic heterocycles. The summed E-state index contributed by atoms with van der Waals surface area (Å²) in [6.07, 6.45) is 2.05. The van der Waals surface area contributed by atoms with Gasteiger partial charge in [0.05, 0.1) is 0 Å². The number of likely N-dealkylation sites (tertiary alicyclic amines) is 1. The van der Waals surface area contributed by atoms with Crippen molar-refractivity contribution in [1.82, 2.24) is 10.2 Å². The molecular weight excluding hydrogens is 184 g/mol. The number of hydrogen-bond donors (Lipinski definition) is 2. The van der Waals surface area contributed by atoms with Crippen molar-refractivity contribution in [3.05, 3.63) is 5.37 Å². The molecule has 1 aliphatic heterocycles. The predicted octanol–water partition coefficient (Wildman–Crippen LogP) is 1.03. The van der Waals surface area contributed by atoms with Crippen LogP contribution in [0.3, 0.4) is 0 Å². The van der Waals surface area contributed by atoms with Gasteiger partial charge in [0.2, 0.25) is 5.91 Å². The number of piperidine rings is 1. The fourth-order valence-electron chi connectivity index (χ4n) is 1.63. The highest BCUT2D eigenvalue weighted by atomic mass is 32.1. The molecule has 1 rings (SSSR count). The molecule has 0 aromatic rings. The SMILES string of the molecule is CC(=O)NC1CCN([C-](C)S)CC1. The number of hydrogen-bond acceptors (Lipinski definition) is 3. The van der Waals surface area contributed by atoms with E-state index in [0.717, 1.165) is 31.3 Å². The summed E-state index contributed by atoms with van der Waals surface area (Å²) < 4.78 is 0. The fraction of sp³-hybridized carbons (Fsp3) is 0.778. The Hall–Kier alpha value is -0.220. The van der Waals surface area contributed by atoms with Crippen molar-refractivity contribution >= 4 is 18.5 Å². The highest BCUT2D eigenvalue weighted by Gasteiger charge is 2.16. The summed E-state index contributed by atoms with van der Waals surface area (Å²) in [6.45, 7) is 5.57. The van der Waals surface area contributed by atoms with Gasteiger partial charge in [-0.2, -0.15) is 6.92 Å². The molecule has 4 heteroatoms. The van der Waals surface area contributed by atoms with Crippen LogP contribution >= 0.6 is 12.6 Å². The molecule has 76 valence electrons. The number of rotatable bonds is 2. The maximum absolute atomic E-state index is 10.8. The first kappa shape index (κ1) is 10.9. The summed E-state index contributed by atoms with van der Waals surface area (Å²) in [6, 6.07) is 0.362. The van der Waals surface area contributed by atoms with Crippen molar-refractivity contribution < 1.29 is 4.79 Å². The Bertz CT molecular complexity index is 176. The van der Waals surface area contributed by atoms with Crippen LogP contribution in [0.1, 0.15) is 26.7 Å². The molecule has 0 atom stereocenters. The second-order valence-electron chi connectivity index (χ2n) is 3.51. The van der Waals surface area contributed by atoms with E-state index >= 15 is 0 Å². The Morgan fingerprint density at radius 3 is 2.46 bits per heavy atom. The summed E-state index contributed by atoms with van der Waals surface area (Å²) in [5.41, 5.74) is 0. The molecule has 13 heavy (non-hydrogen) atoms. The molecule has 3 nitrogen and oxygen atoms in total. The van der Waals surface area contributed by atoms with Crippen LogP contribution in [-0.2, 0) is 4.79 Å². The summed E-state index contributed by atoms with van der Waals surface area (Å²) in [5.74, 6) is 0.0741. The van der Waals surface area contributed by atoms with E-state index in [1.165, 1.54) is 0 Å². The lowest BCUT2D eigenvalue weighted by molar-refractivity contribution is -0.119. The Labute approximate surface area is 85.3 Å². The molecule has 0 aromatic carbocycles. The van der Waals surface area contributed by atoms with Gasteiger partial charge in [0, 0.05) is 13.0 Å². The third-order valence-electron chi connectivity index (χ3n) is 2.36. The number of nitrogens with zero attached hydrogens (tertiary/aromatic N) is 1. The van der Waals surface area contributed by atoms with Crippen LogP contribution in [0.25, 0.3) is 0 Å². The zero-order valence-corrected chi connectivity index (χ0v) is 9.10. The Morgan fingerprint density at radius 2 is 2.08 bits per heavy atom. The van der Waals surface area contributed by atoms with Crippen LogP contribution in [0.4, 0.5) is 0 Å². The molecule has 0 aliphatic carbocycles. The fourth-order valence-corrected chi connectivity index (χ4v) is 1.83. The van der Waals surface area contributed by atoms with Gasteiger partial charge in [0.15, 0.2) is 0 Å². The van der Waals surface area contributed by atoms with Gasteiger partial charge >= 0.3 is 0 Å². The molecule has 1 fully saturated rings. The minimum atomic E-state index is 0.0741. The lowest BCUT2D eigenvalue weighted by Crippen LogP contribution is -2.43. The zero-order valence-electron chi connectivity index (χ0n) is 8.21. The van der Waals surface area contributed by atoms with E-state index in [0.29, 0.717) is 6.04 Å². The number of thiol groups is 1. The summed E-state index contributed by atoms with van der Waals surface area (Å²) in [7, 11) is 0. The van der Waals surface area contributed by atoms with Crippen molar-refractivity contribution in [3.63, 3.8) is 0 Å². The van der Waals surface area contributed by atoms with E-state index in [1.54, 1.807) is 6.92 Å². The Kier molecular flexibility index (Phi) is 4.06. The summed E-state index contributed by atoms with van der Waals surface area (Å²) >= 11 is 4.30. The molecule has 0 bridgehead atoms. The van der Waals surface area contributed by atoms with Crippen LogP contribution < -0.4 is 5.32 Å². The van der Waals surface area contributed by atoms with Gasteiger partial charge < -0.3 is 22.8 Å². The minimum Gasteiger partial charge on any atom is -0.444 e. The quantitative estimate of drug-likeness (QED) is 0.516. The van der Waals surface area contributed by atoms with E-state index in [1.807, 2.05) is 6.92 Å². The predicted molar refractivity (Wildman–Crippen MR) is 56.3 cm³/mol. The van der Waals surface area contributed by atoms with Crippen molar-refractivity contribution in [3.8, 4) is 0 Å². The Morgan fingerprint density at radius 1 is 1.54 bits per heavy atom. The number of carbonyl (C=O) groups is 1. The van der Waals surface area contributed by atoms with Crippen LogP contribution in [0.2, 0.25) is 0 Å². The van der Waals surface area contributed by atoms with Crippen LogP contribution in [0.15, 0.2) is 0 Å². The molecule has 1 aliphatic rings.